The lowest BCUT2D eigenvalue weighted by Gasteiger charge is -2.15. The number of nitroso groups, excluding NO2 is 1. The summed E-state index contributed by atoms with van der Waals surface area (Å²) in [6.45, 7) is 1.17. The zero-order valence-electron chi connectivity index (χ0n) is 9.13. The molecule has 1 unspecified atom stereocenters. The number of benzene rings is 1. The third-order valence-corrected chi connectivity index (χ3v) is 3.58. The maximum atomic E-state index is 12.0. The summed E-state index contributed by atoms with van der Waals surface area (Å²) in [5, 5.41) is 2.86. The van der Waals surface area contributed by atoms with Crippen LogP contribution >= 0.6 is 0 Å². The fourth-order valence-electron chi connectivity index (χ4n) is 1.24. The van der Waals surface area contributed by atoms with Crippen molar-refractivity contribution in [2.24, 2.45) is 10.9 Å². The maximum Gasteiger partial charge on any atom is 0.129 e. The van der Waals surface area contributed by atoms with E-state index in [0.717, 1.165) is 6.42 Å². The van der Waals surface area contributed by atoms with Gasteiger partial charge in [-0.05, 0) is 30.3 Å². The highest BCUT2D eigenvalue weighted by molar-refractivity contribution is 7.82. The molecule has 1 rings (SSSR count). The molecule has 16 heavy (non-hydrogen) atoms. The fourth-order valence-corrected chi connectivity index (χ4v) is 2.35. The van der Waals surface area contributed by atoms with Crippen LogP contribution in [-0.2, 0) is 11.0 Å². The Morgan fingerprint density at radius 3 is 2.75 bits per heavy atom. The van der Waals surface area contributed by atoms with Crippen molar-refractivity contribution in [2.45, 2.75) is 11.3 Å². The Morgan fingerprint density at radius 2 is 2.12 bits per heavy atom. The summed E-state index contributed by atoms with van der Waals surface area (Å²) >= 11 is 0. The SMILES string of the molecule is CN(CCCN)S(=O)c1ccccc1N=O. The van der Waals surface area contributed by atoms with Gasteiger partial charge in [0.25, 0.3) is 0 Å². The van der Waals surface area contributed by atoms with Gasteiger partial charge in [-0.1, -0.05) is 12.1 Å². The summed E-state index contributed by atoms with van der Waals surface area (Å²) in [5.74, 6) is 0. The van der Waals surface area contributed by atoms with Gasteiger partial charge in [-0.2, -0.15) is 0 Å². The first-order chi connectivity index (χ1) is 7.70. The smallest absolute Gasteiger partial charge is 0.129 e. The van der Waals surface area contributed by atoms with Crippen molar-refractivity contribution in [3.63, 3.8) is 0 Å². The van der Waals surface area contributed by atoms with E-state index in [1.807, 2.05) is 0 Å². The zero-order chi connectivity index (χ0) is 12.0. The minimum atomic E-state index is -1.36. The molecule has 0 bridgehead atoms. The molecule has 0 saturated heterocycles. The number of hydrogen-bond donors (Lipinski definition) is 1. The highest BCUT2D eigenvalue weighted by atomic mass is 32.2. The third kappa shape index (κ3) is 3.19. The quantitative estimate of drug-likeness (QED) is 0.764. The fraction of sp³-hybridized carbons (Fsp3) is 0.400. The van der Waals surface area contributed by atoms with Gasteiger partial charge in [0, 0.05) is 13.6 Å². The highest BCUT2D eigenvalue weighted by Crippen LogP contribution is 2.23. The standard InChI is InChI=1S/C10H15N3O2S/c1-13(8-4-7-11)16(15)10-6-3-2-5-9(10)12-14/h2-3,5-6H,4,7-8,11H2,1H3. The molecule has 0 aliphatic carbocycles. The molecule has 0 aliphatic heterocycles. The Balaban J connectivity index is 2.83. The van der Waals surface area contributed by atoms with Crippen LogP contribution in [0.1, 0.15) is 6.42 Å². The van der Waals surface area contributed by atoms with E-state index in [0.29, 0.717) is 18.0 Å². The van der Waals surface area contributed by atoms with Crippen LogP contribution in [0.15, 0.2) is 34.3 Å². The van der Waals surface area contributed by atoms with Gasteiger partial charge in [0.1, 0.15) is 16.7 Å². The molecule has 1 atom stereocenters. The molecular weight excluding hydrogens is 226 g/mol. The molecule has 0 aliphatic rings. The highest BCUT2D eigenvalue weighted by Gasteiger charge is 2.14. The van der Waals surface area contributed by atoms with Gasteiger partial charge in [0.15, 0.2) is 0 Å². The Bertz CT molecular complexity index is 384. The second-order valence-electron chi connectivity index (χ2n) is 3.30. The molecule has 88 valence electrons. The van der Waals surface area contributed by atoms with Crippen LogP contribution in [0.4, 0.5) is 5.69 Å². The van der Waals surface area contributed by atoms with E-state index in [1.165, 1.54) is 0 Å². The Labute approximate surface area is 97.2 Å². The second-order valence-corrected chi connectivity index (χ2v) is 4.86. The first-order valence-corrected chi connectivity index (χ1v) is 6.07. The molecular formula is C10H15N3O2S. The van der Waals surface area contributed by atoms with E-state index < -0.39 is 11.0 Å². The zero-order valence-corrected chi connectivity index (χ0v) is 9.94. The predicted molar refractivity (Wildman–Crippen MR) is 64.6 cm³/mol. The molecule has 1 aromatic carbocycles. The Hall–Kier alpha value is -1.11. The average Bonchev–Trinajstić information content (AvgIpc) is 2.34. The largest absolute Gasteiger partial charge is 0.330 e. The summed E-state index contributed by atoms with van der Waals surface area (Å²) < 4.78 is 13.7. The van der Waals surface area contributed by atoms with E-state index >= 15 is 0 Å². The normalized spacial score (nSPS) is 12.7. The molecule has 0 aromatic heterocycles. The van der Waals surface area contributed by atoms with Crippen LogP contribution in [0, 0.1) is 4.91 Å². The Kier molecular flexibility index (Phi) is 5.24. The first kappa shape index (κ1) is 13.0. The molecule has 0 radical (unpaired) electrons. The predicted octanol–water partition coefficient (Wildman–Crippen LogP) is 1.39. The van der Waals surface area contributed by atoms with Gasteiger partial charge in [0.05, 0.1) is 4.90 Å². The van der Waals surface area contributed by atoms with E-state index in [4.69, 9.17) is 5.73 Å². The summed E-state index contributed by atoms with van der Waals surface area (Å²) in [6.07, 6.45) is 0.763. The van der Waals surface area contributed by atoms with Crippen molar-refractivity contribution in [3.8, 4) is 0 Å². The van der Waals surface area contributed by atoms with E-state index in [-0.39, 0.29) is 5.69 Å². The first-order valence-electron chi connectivity index (χ1n) is 4.96. The summed E-state index contributed by atoms with van der Waals surface area (Å²) in [6, 6.07) is 6.62. The van der Waals surface area contributed by atoms with Gasteiger partial charge in [-0.15, -0.1) is 4.91 Å². The van der Waals surface area contributed by atoms with Gasteiger partial charge in [0.2, 0.25) is 0 Å². The van der Waals surface area contributed by atoms with Crippen molar-refractivity contribution >= 4 is 16.7 Å². The summed E-state index contributed by atoms with van der Waals surface area (Å²) in [5.41, 5.74) is 5.60. The maximum absolute atomic E-state index is 12.0. The van der Waals surface area contributed by atoms with E-state index in [2.05, 4.69) is 5.18 Å². The lowest BCUT2D eigenvalue weighted by Crippen LogP contribution is -2.24. The van der Waals surface area contributed by atoms with Crippen molar-refractivity contribution < 1.29 is 4.21 Å². The van der Waals surface area contributed by atoms with Crippen molar-refractivity contribution in [1.29, 1.82) is 0 Å². The van der Waals surface area contributed by atoms with Gasteiger partial charge in [-0.3, -0.25) is 0 Å². The van der Waals surface area contributed by atoms with Gasteiger partial charge < -0.3 is 5.73 Å². The van der Waals surface area contributed by atoms with Gasteiger partial charge in [-0.25, -0.2) is 8.51 Å². The third-order valence-electron chi connectivity index (χ3n) is 2.11. The number of nitrogens with zero attached hydrogens (tertiary/aromatic N) is 2. The topological polar surface area (TPSA) is 75.8 Å². The molecule has 5 nitrogen and oxygen atoms in total. The average molecular weight is 241 g/mol. The minimum absolute atomic E-state index is 0.223. The van der Waals surface area contributed by atoms with Crippen molar-refractivity contribution in [1.82, 2.24) is 4.31 Å². The molecule has 2 N–H and O–H groups in total. The molecule has 0 spiro atoms. The molecule has 0 saturated carbocycles. The lowest BCUT2D eigenvalue weighted by atomic mass is 10.3. The molecule has 1 aromatic rings. The van der Waals surface area contributed by atoms with E-state index in [1.54, 1.807) is 35.6 Å². The van der Waals surface area contributed by atoms with Crippen LogP contribution in [-0.4, -0.2) is 28.7 Å². The minimum Gasteiger partial charge on any atom is -0.330 e. The number of nitrogens with two attached hydrogens (primary N) is 1. The summed E-state index contributed by atoms with van der Waals surface area (Å²) in [7, 11) is 0.372. The lowest BCUT2D eigenvalue weighted by molar-refractivity contribution is 0.511. The van der Waals surface area contributed by atoms with Crippen molar-refractivity contribution in [3.05, 3.63) is 29.2 Å². The van der Waals surface area contributed by atoms with Crippen LogP contribution in [0.5, 0.6) is 0 Å². The second kappa shape index (κ2) is 6.47. The molecule has 6 heteroatoms. The molecule has 0 heterocycles. The van der Waals surface area contributed by atoms with Gasteiger partial charge >= 0.3 is 0 Å². The monoisotopic (exact) mass is 241 g/mol. The molecule has 0 fully saturated rings. The number of hydrogen-bond acceptors (Lipinski definition) is 4. The molecule has 0 amide bonds. The van der Waals surface area contributed by atoms with Crippen LogP contribution < -0.4 is 5.73 Å². The van der Waals surface area contributed by atoms with Crippen LogP contribution in [0.3, 0.4) is 0 Å². The number of rotatable bonds is 6. The summed E-state index contributed by atoms with van der Waals surface area (Å²) in [4.78, 5) is 11.0. The van der Waals surface area contributed by atoms with E-state index in [9.17, 15) is 9.12 Å². The van der Waals surface area contributed by atoms with Crippen LogP contribution in [0.25, 0.3) is 0 Å². The van der Waals surface area contributed by atoms with Crippen molar-refractivity contribution in [2.75, 3.05) is 20.1 Å². The van der Waals surface area contributed by atoms with Crippen LogP contribution in [0.2, 0.25) is 0 Å². The Morgan fingerprint density at radius 1 is 1.44 bits per heavy atom.